The van der Waals surface area contributed by atoms with Crippen molar-refractivity contribution in [3.63, 3.8) is 0 Å². The van der Waals surface area contributed by atoms with Gasteiger partial charge >= 0.3 is 0 Å². The molecule has 1 aromatic carbocycles. The lowest BCUT2D eigenvalue weighted by Gasteiger charge is -2.06. The van der Waals surface area contributed by atoms with Crippen molar-refractivity contribution in [2.45, 2.75) is 33.1 Å². The van der Waals surface area contributed by atoms with Gasteiger partial charge < -0.3 is 0 Å². The molecular formula is C16H20N2O. The standard InChI is InChI=1S/C16H20N2O/c1-5-15(19)13-8-6-12(7-9-13)14-10-18(4)17-16(14)11(2)3/h6-11H,5H2,1-4H3. The molecule has 2 rings (SSSR count). The van der Waals surface area contributed by atoms with E-state index in [1.807, 2.05) is 49.1 Å². The first-order chi connectivity index (χ1) is 9.02. The number of ketones is 1. The molecule has 0 unspecified atom stereocenters. The van der Waals surface area contributed by atoms with Gasteiger partial charge in [0.2, 0.25) is 0 Å². The van der Waals surface area contributed by atoms with Crippen molar-refractivity contribution in [3.05, 3.63) is 41.7 Å². The molecule has 0 saturated heterocycles. The maximum absolute atomic E-state index is 11.6. The van der Waals surface area contributed by atoms with Crippen LogP contribution < -0.4 is 0 Å². The molecule has 19 heavy (non-hydrogen) atoms. The lowest BCUT2D eigenvalue weighted by molar-refractivity contribution is 0.0988. The Hall–Kier alpha value is -1.90. The molecule has 0 radical (unpaired) electrons. The monoisotopic (exact) mass is 256 g/mol. The molecule has 0 atom stereocenters. The third-order valence-corrected chi connectivity index (χ3v) is 3.24. The van der Waals surface area contributed by atoms with E-state index in [-0.39, 0.29) is 5.78 Å². The number of rotatable bonds is 4. The van der Waals surface area contributed by atoms with E-state index < -0.39 is 0 Å². The maximum atomic E-state index is 11.6. The normalized spacial score (nSPS) is 11.0. The number of carbonyl (C=O) groups is 1. The van der Waals surface area contributed by atoms with Crippen LogP contribution in [0.5, 0.6) is 0 Å². The zero-order valence-electron chi connectivity index (χ0n) is 12.0. The zero-order valence-corrected chi connectivity index (χ0v) is 12.0. The molecule has 3 nitrogen and oxygen atoms in total. The van der Waals surface area contributed by atoms with Crippen LogP contribution in [0, 0.1) is 0 Å². The summed E-state index contributed by atoms with van der Waals surface area (Å²) in [4.78, 5) is 11.6. The van der Waals surface area contributed by atoms with Crippen molar-refractivity contribution in [2.24, 2.45) is 7.05 Å². The van der Waals surface area contributed by atoms with Crippen LogP contribution in [-0.4, -0.2) is 15.6 Å². The van der Waals surface area contributed by atoms with Crippen molar-refractivity contribution in [1.29, 1.82) is 0 Å². The van der Waals surface area contributed by atoms with E-state index in [0.717, 1.165) is 22.4 Å². The van der Waals surface area contributed by atoms with Gasteiger partial charge in [0.1, 0.15) is 0 Å². The molecule has 0 amide bonds. The first-order valence-corrected chi connectivity index (χ1v) is 6.70. The minimum absolute atomic E-state index is 0.182. The summed E-state index contributed by atoms with van der Waals surface area (Å²) in [6.07, 6.45) is 2.58. The number of hydrogen-bond acceptors (Lipinski definition) is 2. The summed E-state index contributed by atoms with van der Waals surface area (Å²) in [7, 11) is 1.93. The molecule has 0 N–H and O–H groups in total. The molecule has 2 aromatic rings. The van der Waals surface area contributed by atoms with Crippen LogP contribution in [0.25, 0.3) is 11.1 Å². The largest absolute Gasteiger partial charge is 0.294 e. The second kappa shape index (κ2) is 5.39. The van der Waals surface area contributed by atoms with Crippen LogP contribution in [0.1, 0.15) is 49.2 Å². The van der Waals surface area contributed by atoms with Gasteiger partial charge in [0, 0.05) is 30.8 Å². The SMILES string of the molecule is CCC(=O)c1ccc(-c2cn(C)nc2C(C)C)cc1. The Bertz CT molecular complexity index is 579. The van der Waals surface area contributed by atoms with E-state index >= 15 is 0 Å². The van der Waals surface area contributed by atoms with Crippen LogP contribution >= 0.6 is 0 Å². The molecule has 1 heterocycles. The molecule has 0 fully saturated rings. The van der Waals surface area contributed by atoms with Gasteiger partial charge in [0.15, 0.2) is 5.78 Å². The van der Waals surface area contributed by atoms with Crippen molar-refractivity contribution in [1.82, 2.24) is 9.78 Å². The van der Waals surface area contributed by atoms with Crippen LogP contribution in [0.2, 0.25) is 0 Å². The number of carbonyl (C=O) groups excluding carboxylic acids is 1. The van der Waals surface area contributed by atoms with Crippen LogP contribution in [0.3, 0.4) is 0 Å². The van der Waals surface area contributed by atoms with E-state index in [1.54, 1.807) is 0 Å². The smallest absolute Gasteiger partial charge is 0.162 e. The summed E-state index contributed by atoms with van der Waals surface area (Å²) < 4.78 is 1.84. The van der Waals surface area contributed by atoms with Gasteiger partial charge in [0.25, 0.3) is 0 Å². The molecule has 100 valence electrons. The van der Waals surface area contributed by atoms with E-state index in [2.05, 4.69) is 18.9 Å². The Labute approximate surface area is 114 Å². The zero-order chi connectivity index (χ0) is 14.0. The molecular weight excluding hydrogens is 236 g/mol. The highest BCUT2D eigenvalue weighted by Gasteiger charge is 2.13. The first-order valence-electron chi connectivity index (χ1n) is 6.70. The van der Waals surface area contributed by atoms with Gasteiger partial charge in [-0.3, -0.25) is 9.48 Å². The highest BCUT2D eigenvalue weighted by molar-refractivity contribution is 5.96. The number of nitrogens with zero attached hydrogens (tertiary/aromatic N) is 2. The molecule has 0 aliphatic heterocycles. The fourth-order valence-corrected chi connectivity index (χ4v) is 2.19. The van der Waals surface area contributed by atoms with Crippen LogP contribution in [0.4, 0.5) is 0 Å². The molecule has 0 bridgehead atoms. The van der Waals surface area contributed by atoms with E-state index in [9.17, 15) is 4.79 Å². The molecule has 0 saturated carbocycles. The summed E-state index contributed by atoms with van der Waals surface area (Å²) in [5.74, 6) is 0.565. The van der Waals surface area contributed by atoms with E-state index in [1.165, 1.54) is 0 Å². The molecule has 0 spiro atoms. The third-order valence-electron chi connectivity index (χ3n) is 3.24. The molecule has 1 aromatic heterocycles. The van der Waals surface area contributed by atoms with Gasteiger partial charge in [-0.15, -0.1) is 0 Å². The first kappa shape index (κ1) is 13.5. The van der Waals surface area contributed by atoms with Crippen molar-refractivity contribution < 1.29 is 4.79 Å². The maximum Gasteiger partial charge on any atom is 0.162 e. The van der Waals surface area contributed by atoms with Gasteiger partial charge in [-0.05, 0) is 11.5 Å². The molecule has 3 heteroatoms. The Balaban J connectivity index is 2.40. The third kappa shape index (κ3) is 2.75. The predicted octanol–water partition coefficient (Wildman–Crippen LogP) is 3.80. The summed E-state index contributed by atoms with van der Waals surface area (Å²) in [6, 6.07) is 7.81. The second-order valence-electron chi connectivity index (χ2n) is 5.11. The second-order valence-corrected chi connectivity index (χ2v) is 5.11. The number of aryl methyl sites for hydroxylation is 1. The van der Waals surface area contributed by atoms with E-state index in [0.29, 0.717) is 12.3 Å². The van der Waals surface area contributed by atoms with Gasteiger partial charge in [0.05, 0.1) is 5.69 Å². The van der Waals surface area contributed by atoms with Crippen molar-refractivity contribution >= 4 is 5.78 Å². The summed E-state index contributed by atoms with van der Waals surface area (Å²) in [5, 5.41) is 4.51. The molecule has 0 aliphatic carbocycles. The minimum atomic E-state index is 0.182. The predicted molar refractivity (Wildman–Crippen MR) is 77.4 cm³/mol. The number of hydrogen-bond donors (Lipinski definition) is 0. The molecule has 0 aliphatic rings. The highest BCUT2D eigenvalue weighted by Crippen LogP contribution is 2.28. The lowest BCUT2D eigenvalue weighted by Crippen LogP contribution is -1.96. The highest BCUT2D eigenvalue weighted by atomic mass is 16.1. The van der Waals surface area contributed by atoms with Gasteiger partial charge in [-0.25, -0.2) is 0 Å². The lowest BCUT2D eigenvalue weighted by atomic mass is 9.98. The summed E-state index contributed by atoms with van der Waals surface area (Å²) >= 11 is 0. The Morgan fingerprint density at radius 3 is 2.42 bits per heavy atom. The Morgan fingerprint density at radius 1 is 1.26 bits per heavy atom. The average Bonchev–Trinajstić information content (AvgIpc) is 2.80. The van der Waals surface area contributed by atoms with Crippen molar-refractivity contribution in [3.8, 4) is 11.1 Å². The minimum Gasteiger partial charge on any atom is -0.294 e. The fourth-order valence-electron chi connectivity index (χ4n) is 2.19. The van der Waals surface area contributed by atoms with Gasteiger partial charge in [-0.1, -0.05) is 45.0 Å². The van der Waals surface area contributed by atoms with E-state index in [4.69, 9.17) is 0 Å². The van der Waals surface area contributed by atoms with Gasteiger partial charge in [-0.2, -0.15) is 5.10 Å². The van der Waals surface area contributed by atoms with Crippen LogP contribution in [-0.2, 0) is 7.05 Å². The topological polar surface area (TPSA) is 34.9 Å². The number of aromatic nitrogens is 2. The fraction of sp³-hybridized carbons (Fsp3) is 0.375. The summed E-state index contributed by atoms with van der Waals surface area (Å²) in [5.41, 5.74) is 4.13. The Kier molecular flexibility index (Phi) is 3.84. The quantitative estimate of drug-likeness (QED) is 0.780. The summed E-state index contributed by atoms with van der Waals surface area (Å²) in [6.45, 7) is 6.16. The number of benzene rings is 1. The average molecular weight is 256 g/mol. The van der Waals surface area contributed by atoms with Crippen LogP contribution in [0.15, 0.2) is 30.5 Å². The number of Topliss-reactive ketones (excluding diaryl/α,β-unsaturated/α-hetero) is 1. The van der Waals surface area contributed by atoms with Crippen molar-refractivity contribution in [2.75, 3.05) is 0 Å². The Morgan fingerprint density at radius 2 is 1.89 bits per heavy atom.